The number of aryl methyl sites for hydroxylation is 1. The lowest BCUT2D eigenvalue weighted by atomic mass is 9.37. The van der Waals surface area contributed by atoms with Gasteiger partial charge in [0, 0.05) is 17.3 Å². The van der Waals surface area contributed by atoms with E-state index in [0.717, 1.165) is 18.4 Å². The largest absolute Gasteiger partial charge is 0.431 e. The lowest BCUT2D eigenvalue weighted by Gasteiger charge is -2.65. The standard InChI is InChI=1S/C17H17N3O3S/c1-9-6-11(2-3-12(9)23-16-19-4-5-24-16)20-14(21)13-10-7-17(13,8-10)15(18)22/h2-6,10,13H,7-8H2,1H3,(H2,18,22)(H,20,21). The summed E-state index contributed by atoms with van der Waals surface area (Å²) in [6.45, 7) is 1.91. The van der Waals surface area contributed by atoms with Crippen molar-refractivity contribution in [2.45, 2.75) is 19.8 Å². The van der Waals surface area contributed by atoms with E-state index in [9.17, 15) is 9.59 Å². The van der Waals surface area contributed by atoms with E-state index in [0.29, 0.717) is 22.5 Å². The quantitative estimate of drug-likeness (QED) is 0.873. The molecule has 1 atom stereocenters. The zero-order valence-electron chi connectivity index (χ0n) is 13.1. The minimum absolute atomic E-state index is 0.121. The van der Waals surface area contributed by atoms with Gasteiger partial charge in [0.25, 0.3) is 5.19 Å². The summed E-state index contributed by atoms with van der Waals surface area (Å²) < 4.78 is 5.69. The van der Waals surface area contributed by atoms with Gasteiger partial charge in [0.1, 0.15) is 5.75 Å². The van der Waals surface area contributed by atoms with Crippen LogP contribution in [0.1, 0.15) is 18.4 Å². The van der Waals surface area contributed by atoms with Gasteiger partial charge in [-0.2, -0.15) is 0 Å². The van der Waals surface area contributed by atoms with Crippen LogP contribution in [0.15, 0.2) is 29.8 Å². The fraction of sp³-hybridized carbons (Fsp3) is 0.353. The smallest absolute Gasteiger partial charge is 0.278 e. The molecular weight excluding hydrogens is 326 g/mol. The minimum atomic E-state index is -0.600. The monoisotopic (exact) mass is 343 g/mol. The molecule has 7 heteroatoms. The third-order valence-corrected chi connectivity index (χ3v) is 5.79. The van der Waals surface area contributed by atoms with Gasteiger partial charge in [-0.3, -0.25) is 9.59 Å². The summed E-state index contributed by atoms with van der Waals surface area (Å²) in [6.07, 6.45) is 3.18. The lowest BCUT2D eigenvalue weighted by Crippen LogP contribution is -2.70. The third-order valence-electron chi connectivity index (χ3n) is 5.14. The van der Waals surface area contributed by atoms with Crippen LogP contribution in [0.2, 0.25) is 0 Å². The van der Waals surface area contributed by atoms with Gasteiger partial charge in [-0.25, -0.2) is 4.98 Å². The van der Waals surface area contributed by atoms with E-state index in [2.05, 4.69) is 10.3 Å². The first-order valence-electron chi connectivity index (χ1n) is 7.78. The summed E-state index contributed by atoms with van der Waals surface area (Å²) in [5.74, 6) is 0.244. The number of ether oxygens (including phenoxy) is 1. The second-order valence-corrected chi connectivity index (χ2v) is 7.39. The highest BCUT2D eigenvalue weighted by molar-refractivity contribution is 7.11. The SMILES string of the molecule is Cc1cc(NC(=O)C2C3CC2(C(N)=O)C3)ccc1Oc1nccs1. The number of amides is 2. The fourth-order valence-corrected chi connectivity index (χ4v) is 4.23. The van der Waals surface area contributed by atoms with Crippen LogP contribution in [0.25, 0.3) is 0 Å². The molecule has 3 N–H and O–H groups in total. The second-order valence-electron chi connectivity index (χ2n) is 6.54. The highest BCUT2D eigenvalue weighted by Gasteiger charge is 2.71. The van der Waals surface area contributed by atoms with Gasteiger partial charge < -0.3 is 15.8 Å². The molecule has 24 heavy (non-hydrogen) atoms. The molecule has 1 aromatic carbocycles. The number of rotatable bonds is 5. The molecular formula is C17H17N3O3S. The Kier molecular flexibility index (Phi) is 3.35. The van der Waals surface area contributed by atoms with Crippen LogP contribution in [0.5, 0.6) is 10.9 Å². The molecule has 1 aromatic heterocycles. The van der Waals surface area contributed by atoms with Gasteiger partial charge in [0.2, 0.25) is 11.8 Å². The van der Waals surface area contributed by atoms with Crippen molar-refractivity contribution < 1.29 is 14.3 Å². The molecule has 0 spiro atoms. The Morgan fingerprint density at radius 1 is 1.42 bits per heavy atom. The van der Waals surface area contributed by atoms with Crippen LogP contribution in [0.3, 0.4) is 0 Å². The van der Waals surface area contributed by atoms with Crippen LogP contribution in [0.4, 0.5) is 5.69 Å². The van der Waals surface area contributed by atoms with Crippen molar-refractivity contribution in [3.8, 4) is 10.9 Å². The topological polar surface area (TPSA) is 94.3 Å². The number of thiazole rings is 1. The molecule has 124 valence electrons. The zero-order chi connectivity index (χ0) is 16.9. The summed E-state index contributed by atoms with van der Waals surface area (Å²) in [4.78, 5) is 28.1. The predicted octanol–water partition coefficient (Wildman–Crippen LogP) is 2.69. The van der Waals surface area contributed by atoms with Gasteiger partial charge >= 0.3 is 0 Å². The van der Waals surface area contributed by atoms with Gasteiger partial charge in [-0.05, 0) is 49.4 Å². The van der Waals surface area contributed by atoms with Gasteiger partial charge in [-0.15, -0.1) is 0 Å². The van der Waals surface area contributed by atoms with Crippen molar-refractivity contribution in [2.24, 2.45) is 23.0 Å². The molecule has 0 aliphatic heterocycles. The van der Waals surface area contributed by atoms with Crippen molar-refractivity contribution in [3.63, 3.8) is 0 Å². The molecule has 3 aliphatic carbocycles. The molecule has 2 amide bonds. The number of nitrogens with one attached hydrogen (secondary N) is 1. The molecule has 3 saturated carbocycles. The Hall–Kier alpha value is -2.41. The van der Waals surface area contributed by atoms with Crippen molar-refractivity contribution in [1.82, 2.24) is 4.98 Å². The average molecular weight is 343 g/mol. The molecule has 1 unspecified atom stereocenters. The number of aromatic nitrogens is 1. The summed E-state index contributed by atoms with van der Waals surface area (Å²) in [5.41, 5.74) is 6.44. The number of benzene rings is 1. The molecule has 6 nitrogen and oxygen atoms in total. The maximum atomic E-state index is 12.4. The first-order chi connectivity index (χ1) is 11.5. The van der Waals surface area contributed by atoms with Crippen LogP contribution >= 0.6 is 11.3 Å². The maximum absolute atomic E-state index is 12.4. The highest BCUT2D eigenvalue weighted by Crippen LogP contribution is 2.68. The number of nitrogens with two attached hydrogens (primary N) is 1. The normalized spacial score (nSPS) is 26.9. The van der Waals surface area contributed by atoms with Crippen LogP contribution in [-0.4, -0.2) is 16.8 Å². The Morgan fingerprint density at radius 2 is 2.21 bits per heavy atom. The molecule has 5 rings (SSSR count). The molecule has 0 saturated heterocycles. The average Bonchev–Trinajstić information content (AvgIpc) is 2.91. The maximum Gasteiger partial charge on any atom is 0.278 e. The van der Waals surface area contributed by atoms with Crippen molar-refractivity contribution in [1.29, 1.82) is 0 Å². The Labute approximate surface area is 143 Å². The zero-order valence-corrected chi connectivity index (χ0v) is 13.9. The van der Waals surface area contributed by atoms with E-state index in [4.69, 9.17) is 10.5 Å². The van der Waals surface area contributed by atoms with E-state index in [1.165, 1.54) is 11.3 Å². The molecule has 2 aromatic rings. The summed E-state index contributed by atoms with van der Waals surface area (Å²) >= 11 is 1.42. The Balaban J connectivity index is 1.45. The number of carbonyl (C=O) groups excluding carboxylic acids is 2. The summed E-state index contributed by atoms with van der Waals surface area (Å²) in [7, 11) is 0. The Bertz CT molecular complexity index is 812. The minimum Gasteiger partial charge on any atom is -0.431 e. The number of hydrogen-bond acceptors (Lipinski definition) is 5. The first kappa shape index (κ1) is 15.1. The molecule has 3 fully saturated rings. The number of carbonyl (C=O) groups is 2. The van der Waals surface area contributed by atoms with Gasteiger partial charge in [-0.1, -0.05) is 11.3 Å². The number of nitrogens with zero attached hydrogens (tertiary/aromatic N) is 1. The molecule has 0 radical (unpaired) electrons. The molecule has 3 aliphatic rings. The van der Waals surface area contributed by atoms with Crippen LogP contribution in [-0.2, 0) is 9.59 Å². The lowest BCUT2D eigenvalue weighted by molar-refractivity contribution is -0.197. The van der Waals surface area contributed by atoms with E-state index < -0.39 is 5.41 Å². The molecule has 2 bridgehead atoms. The van der Waals surface area contributed by atoms with Crippen molar-refractivity contribution >= 4 is 28.8 Å². The van der Waals surface area contributed by atoms with E-state index >= 15 is 0 Å². The van der Waals surface area contributed by atoms with Crippen LogP contribution in [0, 0.1) is 24.2 Å². The number of primary amides is 1. The number of anilines is 1. The van der Waals surface area contributed by atoms with Gasteiger partial charge in [0.15, 0.2) is 0 Å². The van der Waals surface area contributed by atoms with E-state index in [-0.39, 0.29) is 17.7 Å². The van der Waals surface area contributed by atoms with E-state index in [1.54, 1.807) is 18.3 Å². The van der Waals surface area contributed by atoms with Gasteiger partial charge in [0.05, 0.1) is 11.3 Å². The van der Waals surface area contributed by atoms with Crippen molar-refractivity contribution in [3.05, 3.63) is 35.3 Å². The Morgan fingerprint density at radius 3 is 2.75 bits per heavy atom. The van der Waals surface area contributed by atoms with Crippen molar-refractivity contribution in [2.75, 3.05) is 5.32 Å². The fourth-order valence-electron chi connectivity index (χ4n) is 3.73. The number of hydrogen-bond donors (Lipinski definition) is 2. The summed E-state index contributed by atoms with van der Waals surface area (Å²) in [6, 6.07) is 5.44. The second kappa shape index (κ2) is 5.31. The molecule has 1 heterocycles. The predicted molar refractivity (Wildman–Crippen MR) is 89.8 cm³/mol. The third kappa shape index (κ3) is 2.19. The first-order valence-corrected chi connectivity index (χ1v) is 8.66. The summed E-state index contributed by atoms with van der Waals surface area (Å²) in [5, 5.41) is 5.32. The van der Waals surface area contributed by atoms with Crippen LogP contribution < -0.4 is 15.8 Å². The highest BCUT2D eigenvalue weighted by atomic mass is 32.1. The van der Waals surface area contributed by atoms with E-state index in [1.807, 2.05) is 18.4 Å².